The maximum Gasteiger partial charge on any atom is 0.0853 e. The highest BCUT2D eigenvalue weighted by Crippen LogP contribution is 2.30. The molecule has 0 radical (unpaired) electrons. The van der Waals surface area contributed by atoms with E-state index in [-0.39, 0.29) is 11.5 Å². The van der Waals surface area contributed by atoms with Gasteiger partial charge in [0.1, 0.15) is 0 Å². The molecule has 0 N–H and O–H groups in total. The van der Waals surface area contributed by atoms with Crippen LogP contribution in [0.3, 0.4) is 0 Å². The number of alkyl halides is 1. The van der Waals surface area contributed by atoms with Crippen LogP contribution in [0.2, 0.25) is 0 Å². The molecule has 1 aromatic rings. The minimum absolute atomic E-state index is 0.138. The summed E-state index contributed by atoms with van der Waals surface area (Å²) in [6.07, 6.45) is 3.87. The van der Waals surface area contributed by atoms with Crippen LogP contribution < -0.4 is 0 Å². The van der Waals surface area contributed by atoms with Gasteiger partial charge in [0.2, 0.25) is 0 Å². The third-order valence-electron chi connectivity index (χ3n) is 2.53. The molecule has 0 amide bonds. The van der Waals surface area contributed by atoms with Crippen LogP contribution in [0.4, 0.5) is 0 Å². The number of rotatable bonds is 1. The number of ether oxygens (including phenoxy) is 1. The molecule has 1 aliphatic rings. The Morgan fingerprint density at radius 2 is 2.36 bits per heavy atom. The molecule has 0 aliphatic carbocycles. The second kappa shape index (κ2) is 4.28. The SMILES string of the molecule is Cc1ccc(C2CC(Cl)CCO2)cn1. The van der Waals surface area contributed by atoms with Crippen LogP contribution in [-0.2, 0) is 4.74 Å². The Bertz CT molecular complexity index is 299. The molecule has 1 aromatic heterocycles. The van der Waals surface area contributed by atoms with E-state index >= 15 is 0 Å². The van der Waals surface area contributed by atoms with E-state index in [0.717, 1.165) is 30.7 Å². The fourth-order valence-corrected chi connectivity index (χ4v) is 1.91. The van der Waals surface area contributed by atoms with Crippen molar-refractivity contribution in [1.29, 1.82) is 0 Å². The predicted octanol–water partition coefficient (Wildman–Crippen LogP) is 2.85. The number of hydrogen-bond donors (Lipinski definition) is 0. The van der Waals surface area contributed by atoms with E-state index in [0.29, 0.717) is 0 Å². The molecule has 2 unspecified atom stereocenters. The summed E-state index contributed by atoms with van der Waals surface area (Å²) in [6.45, 7) is 2.74. The summed E-state index contributed by atoms with van der Waals surface area (Å²) in [5, 5.41) is 0.245. The average Bonchev–Trinajstić information content (AvgIpc) is 2.19. The zero-order chi connectivity index (χ0) is 9.97. The van der Waals surface area contributed by atoms with Gasteiger partial charge in [-0.15, -0.1) is 11.6 Å². The zero-order valence-corrected chi connectivity index (χ0v) is 9.00. The summed E-state index contributed by atoms with van der Waals surface area (Å²) in [4.78, 5) is 4.26. The number of aromatic nitrogens is 1. The molecule has 3 heteroatoms. The van der Waals surface area contributed by atoms with Crippen molar-refractivity contribution in [2.45, 2.75) is 31.2 Å². The van der Waals surface area contributed by atoms with Gasteiger partial charge in [0, 0.05) is 23.9 Å². The van der Waals surface area contributed by atoms with Gasteiger partial charge >= 0.3 is 0 Å². The highest BCUT2D eigenvalue weighted by Gasteiger charge is 2.22. The Morgan fingerprint density at radius 1 is 1.50 bits per heavy atom. The molecule has 1 saturated heterocycles. The van der Waals surface area contributed by atoms with Crippen LogP contribution in [0, 0.1) is 6.92 Å². The van der Waals surface area contributed by atoms with E-state index in [2.05, 4.69) is 11.1 Å². The van der Waals surface area contributed by atoms with Crippen LogP contribution in [0.1, 0.15) is 30.2 Å². The predicted molar refractivity (Wildman–Crippen MR) is 56.5 cm³/mol. The van der Waals surface area contributed by atoms with Crippen molar-refractivity contribution in [2.75, 3.05) is 6.61 Å². The third-order valence-corrected chi connectivity index (χ3v) is 2.92. The van der Waals surface area contributed by atoms with Gasteiger partial charge in [-0.2, -0.15) is 0 Å². The van der Waals surface area contributed by atoms with Gasteiger partial charge in [0.15, 0.2) is 0 Å². The van der Waals surface area contributed by atoms with Crippen molar-refractivity contribution in [3.05, 3.63) is 29.6 Å². The first-order valence-corrected chi connectivity index (χ1v) is 5.37. The van der Waals surface area contributed by atoms with Gasteiger partial charge in [-0.25, -0.2) is 0 Å². The van der Waals surface area contributed by atoms with Crippen LogP contribution in [0.25, 0.3) is 0 Å². The second-order valence-corrected chi connectivity index (χ2v) is 4.33. The molecule has 1 aliphatic heterocycles. The van der Waals surface area contributed by atoms with Crippen molar-refractivity contribution < 1.29 is 4.74 Å². The minimum atomic E-state index is 0.138. The summed E-state index contributed by atoms with van der Waals surface area (Å²) < 4.78 is 5.65. The van der Waals surface area contributed by atoms with Crippen LogP contribution in [-0.4, -0.2) is 17.0 Å². The van der Waals surface area contributed by atoms with E-state index in [1.807, 2.05) is 19.2 Å². The van der Waals surface area contributed by atoms with Crippen LogP contribution in [0.15, 0.2) is 18.3 Å². The fraction of sp³-hybridized carbons (Fsp3) is 0.545. The molecule has 2 atom stereocenters. The number of nitrogens with zero attached hydrogens (tertiary/aromatic N) is 1. The Labute approximate surface area is 89.3 Å². The summed E-state index contributed by atoms with van der Waals surface area (Å²) >= 11 is 6.09. The smallest absolute Gasteiger partial charge is 0.0853 e. The maximum atomic E-state index is 6.09. The Balaban J connectivity index is 2.10. The lowest BCUT2D eigenvalue weighted by Crippen LogP contribution is -2.19. The lowest BCUT2D eigenvalue weighted by Gasteiger charge is -2.26. The summed E-state index contributed by atoms with van der Waals surface area (Å²) in [6, 6.07) is 4.08. The van der Waals surface area contributed by atoms with Gasteiger partial charge in [-0.3, -0.25) is 4.98 Å². The largest absolute Gasteiger partial charge is 0.373 e. The molecule has 1 fully saturated rings. The van der Waals surface area contributed by atoms with Crippen LogP contribution in [0.5, 0.6) is 0 Å². The highest BCUT2D eigenvalue weighted by molar-refractivity contribution is 6.20. The van der Waals surface area contributed by atoms with Crippen molar-refractivity contribution in [3.63, 3.8) is 0 Å². The van der Waals surface area contributed by atoms with Crippen LogP contribution >= 0.6 is 11.6 Å². The van der Waals surface area contributed by atoms with E-state index in [9.17, 15) is 0 Å². The standard InChI is InChI=1S/C11H14ClNO/c1-8-2-3-9(7-13-8)11-6-10(12)4-5-14-11/h2-3,7,10-11H,4-6H2,1H3. The minimum Gasteiger partial charge on any atom is -0.373 e. The lowest BCUT2D eigenvalue weighted by molar-refractivity contribution is 0.0167. The summed E-state index contributed by atoms with van der Waals surface area (Å²) in [5.74, 6) is 0. The number of aryl methyl sites for hydroxylation is 1. The third kappa shape index (κ3) is 2.25. The highest BCUT2D eigenvalue weighted by atomic mass is 35.5. The maximum absolute atomic E-state index is 6.09. The van der Waals surface area contributed by atoms with Gasteiger partial charge in [0.05, 0.1) is 6.10 Å². The normalized spacial score (nSPS) is 27.6. The fourth-order valence-electron chi connectivity index (χ4n) is 1.66. The van der Waals surface area contributed by atoms with Crippen molar-refractivity contribution in [3.8, 4) is 0 Å². The molecule has 0 spiro atoms. The first-order chi connectivity index (χ1) is 6.75. The quantitative estimate of drug-likeness (QED) is 0.667. The molecule has 76 valence electrons. The molecule has 14 heavy (non-hydrogen) atoms. The average molecular weight is 212 g/mol. The Morgan fingerprint density at radius 3 is 3.00 bits per heavy atom. The van der Waals surface area contributed by atoms with Crippen molar-refractivity contribution in [2.24, 2.45) is 0 Å². The number of hydrogen-bond acceptors (Lipinski definition) is 2. The molecular weight excluding hydrogens is 198 g/mol. The lowest BCUT2D eigenvalue weighted by atomic mass is 10.0. The van der Waals surface area contributed by atoms with E-state index in [1.54, 1.807) is 0 Å². The topological polar surface area (TPSA) is 22.1 Å². The molecule has 2 nitrogen and oxygen atoms in total. The zero-order valence-electron chi connectivity index (χ0n) is 8.24. The number of pyridine rings is 1. The second-order valence-electron chi connectivity index (χ2n) is 3.71. The van der Waals surface area contributed by atoms with Gasteiger partial charge in [-0.05, 0) is 31.4 Å². The molecule has 0 saturated carbocycles. The Hall–Kier alpha value is -0.600. The van der Waals surface area contributed by atoms with E-state index in [4.69, 9.17) is 16.3 Å². The Kier molecular flexibility index (Phi) is 3.04. The first kappa shape index (κ1) is 9.94. The van der Waals surface area contributed by atoms with E-state index < -0.39 is 0 Å². The summed E-state index contributed by atoms with van der Waals surface area (Å²) in [7, 11) is 0. The van der Waals surface area contributed by atoms with Gasteiger partial charge in [0.25, 0.3) is 0 Å². The summed E-state index contributed by atoms with van der Waals surface area (Å²) in [5.41, 5.74) is 2.17. The van der Waals surface area contributed by atoms with E-state index in [1.165, 1.54) is 0 Å². The molecular formula is C11H14ClNO. The first-order valence-electron chi connectivity index (χ1n) is 4.94. The monoisotopic (exact) mass is 211 g/mol. The molecule has 0 aromatic carbocycles. The molecule has 2 rings (SSSR count). The van der Waals surface area contributed by atoms with Crippen molar-refractivity contribution in [1.82, 2.24) is 4.98 Å². The molecule has 2 heterocycles. The van der Waals surface area contributed by atoms with Gasteiger partial charge < -0.3 is 4.74 Å². The molecule has 0 bridgehead atoms. The number of halogens is 1. The van der Waals surface area contributed by atoms with Gasteiger partial charge in [-0.1, -0.05) is 6.07 Å². The van der Waals surface area contributed by atoms with Crippen molar-refractivity contribution >= 4 is 11.6 Å².